The predicted octanol–water partition coefficient (Wildman–Crippen LogP) is 3.21. The van der Waals surface area contributed by atoms with Crippen molar-refractivity contribution in [3.8, 4) is 0 Å². The van der Waals surface area contributed by atoms with Crippen LogP contribution in [0.1, 0.15) is 39.7 Å². The number of hydrogen-bond acceptors (Lipinski definition) is 6. The fourth-order valence-electron chi connectivity index (χ4n) is 2.77. The second-order valence-corrected chi connectivity index (χ2v) is 6.62. The summed E-state index contributed by atoms with van der Waals surface area (Å²) >= 11 is 1.41. The Balaban J connectivity index is 1.99. The molecule has 0 saturated heterocycles. The lowest BCUT2D eigenvalue weighted by atomic mass is 10.1. The van der Waals surface area contributed by atoms with Gasteiger partial charge in [0.25, 0.3) is 0 Å². The molecule has 2 heterocycles. The molecule has 2 aromatic rings. The van der Waals surface area contributed by atoms with Gasteiger partial charge >= 0.3 is 5.97 Å². The molecule has 0 radical (unpaired) electrons. The van der Waals surface area contributed by atoms with Crippen LogP contribution in [0.4, 0.5) is 0 Å². The third-order valence-electron chi connectivity index (χ3n) is 3.79. The Bertz CT molecular complexity index is 762. The van der Waals surface area contributed by atoms with Crippen molar-refractivity contribution in [1.29, 1.82) is 0 Å². The highest BCUT2D eigenvalue weighted by Gasteiger charge is 2.19. The van der Waals surface area contributed by atoms with Gasteiger partial charge in [0.05, 0.1) is 12.6 Å². The number of aryl methyl sites for hydroxylation is 1. The summed E-state index contributed by atoms with van der Waals surface area (Å²) in [6, 6.07) is 1.94. The molecule has 0 N–H and O–H groups in total. The first-order valence-electron chi connectivity index (χ1n) is 7.89. The number of carbonyl (C=O) groups is 2. The molecular weight excluding hydrogens is 340 g/mol. The maximum absolute atomic E-state index is 12.4. The quantitative estimate of drug-likeness (QED) is 0.410. The van der Waals surface area contributed by atoms with Crippen LogP contribution in [0.25, 0.3) is 6.08 Å². The van der Waals surface area contributed by atoms with Crippen molar-refractivity contribution in [3.63, 3.8) is 0 Å². The first kappa shape index (κ1) is 19.1. The van der Waals surface area contributed by atoms with Crippen LogP contribution in [0.3, 0.4) is 0 Å². The maximum Gasteiger partial charge on any atom is 0.331 e. The summed E-state index contributed by atoms with van der Waals surface area (Å²) in [4.78, 5) is 28.1. The average molecular weight is 362 g/mol. The zero-order valence-corrected chi connectivity index (χ0v) is 15.6. The minimum atomic E-state index is -0.565. The van der Waals surface area contributed by atoms with E-state index >= 15 is 0 Å². The van der Waals surface area contributed by atoms with Gasteiger partial charge in [-0.05, 0) is 32.9 Å². The number of ketones is 1. The van der Waals surface area contributed by atoms with E-state index in [4.69, 9.17) is 9.47 Å². The molecule has 0 fully saturated rings. The monoisotopic (exact) mass is 362 g/mol. The van der Waals surface area contributed by atoms with Crippen molar-refractivity contribution in [2.75, 3.05) is 20.3 Å². The summed E-state index contributed by atoms with van der Waals surface area (Å²) in [7, 11) is 1.65. The lowest BCUT2D eigenvalue weighted by Crippen LogP contribution is -2.16. The van der Waals surface area contributed by atoms with Crippen LogP contribution in [-0.4, -0.2) is 41.6 Å². The van der Waals surface area contributed by atoms with Gasteiger partial charge in [0.2, 0.25) is 5.78 Å². The van der Waals surface area contributed by atoms with Gasteiger partial charge in [-0.15, -0.1) is 11.3 Å². The number of aromatic nitrogens is 2. The highest BCUT2D eigenvalue weighted by atomic mass is 32.1. The first-order valence-corrected chi connectivity index (χ1v) is 8.77. The summed E-state index contributed by atoms with van der Waals surface area (Å²) in [5, 5.41) is 2.52. The van der Waals surface area contributed by atoms with Crippen molar-refractivity contribution in [2.45, 2.75) is 26.8 Å². The van der Waals surface area contributed by atoms with Gasteiger partial charge in [0, 0.05) is 41.7 Å². The molecule has 1 atom stereocenters. The molecule has 134 valence electrons. The van der Waals surface area contributed by atoms with Crippen LogP contribution in [-0.2, 0) is 14.3 Å². The summed E-state index contributed by atoms with van der Waals surface area (Å²) in [5.41, 5.74) is 2.39. The molecule has 2 aromatic heterocycles. The van der Waals surface area contributed by atoms with Crippen LogP contribution in [0.15, 0.2) is 23.7 Å². The van der Waals surface area contributed by atoms with E-state index < -0.39 is 5.97 Å². The van der Waals surface area contributed by atoms with Gasteiger partial charge in [-0.3, -0.25) is 4.79 Å². The van der Waals surface area contributed by atoms with Gasteiger partial charge in [0.1, 0.15) is 5.01 Å². The summed E-state index contributed by atoms with van der Waals surface area (Å²) in [6.45, 7) is 6.13. The number of nitrogens with zero attached hydrogens (tertiary/aromatic N) is 2. The lowest BCUT2D eigenvalue weighted by Gasteiger charge is -2.17. The SMILES string of the molecule is COCC(C)n1c(C)cc(C(=O)COC(=O)C=Cc2nccs2)c1C. The van der Waals surface area contributed by atoms with Crippen LogP contribution in [0, 0.1) is 13.8 Å². The number of carbonyl (C=O) groups excluding carboxylic acids is 2. The summed E-state index contributed by atoms with van der Waals surface area (Å²) in [5.74, 6) is -0.787. The molecule has 1 unspecified atom stereocenters. The fourth-order valence-corrected chi connectivity index (χ4v) is 3.30. The van der Waals surface area contributed by atoms with Gasteiger partial charge in [-0.25, -0.2) is 9.78 Å². The molecule has 25 heavy (non-hydrogen) atoms. The molecule has 0 spiro atoms. The van der Waals surface area contributed by atoms with Crippen LogP contribution in [0.5, 0.6) is 0 Å². The molecule has 0 aliphatic rings. The van der Waals surface area contributed by atoms with E-state index in [1.807, 2.05) is 32.2 Å². The van der Waals surface area contributed by atoms with E-state index in [9.17, 15) is 9.59 Å². The maximum atomic E-state index is 12.4. The van der Waals surface area contributed by atoms with Crippen LogP contribution >= 0.6 is 11.3 Å². The van der Waals surface area contributed by atoms with Crippen molar-refractivity contribution in [3.05, 3.63) is 45.7 Å². The third-order valence-corrected chi connectivity index (χ3v) is 4.53. The van der Waals surface area contributed by atoms with Gasteiger partial charge in [-0.1, -0.05) is 0 Å². The summed E-state index contributed by atoms with van der Waals surface area (Å²) < 4.78 is 12.3. The highest BCUT2D eigenvalue weighted by Crippen LogP contribution is 2.21. The predicted molar refractivity (Wildman–Crippen MR) is 96.9 cm³/mol. The number of rotatable bonds is 8. The molecule has 0 aliphatic carbocycles. The van der Waals surface area contributed by atoms with Gasteiger partial charge in [-0.2, -0.15) is 0 Å². The van der Waals surface area contributed by atoms with E-state index in [0.717, 1.165) is 11.4 Å². The highest BCUT2D eigenvalue weighted by molar-refractivity contribution is 7.10. The Hall–Kier alpha value is -2.25. The zero-order valence-electron chi connectivity index (χ0n) is 14.8. The zero-order chi connectivity index (χ0) is 18.4. The van der Waals surface area contributed by atoms with Crippen molar-refractivity contribution in [2.24, 2.45) is 0 Å². The number of hydrogen-bond donors (Lipinski definition) is 0. The normalized spacial score (nSPS) is 12.5. The van der Waals surface area contributed by atoms with E-state index in [1.54, 1.807) is 19.4 Å². The number of ether oxygens (including phenoxy) is 2. The van der Waals surface area contributed by atoms with Crippen molar-refractivity contribution < 1.29 is 19.1 Å². The van der Waals surface area contributed by atoms with Crippen LogP contribution in [0.2, 0.25) is 0 Å². The molecule has 6 nitrogen and oxygen atoms in total. The second-order valence-electron chi connectivity index (χ2n) is 5.69. The smallest absolute Gasteiger partial charge is 0.331 e. The number of thiazole rings is 1. The lowest BCUT2D eigenvalue weighted by molar-refractivity contribution is -0.136. The Kier molecular flexibility index (Phi) is 6.66. The third kappa shape index (κ3) is 4.87. The Morgan fingerprint density at radius 3 is 2.80 bits per heavy atom. The van der Waals surface area contributed by atoms with Gasteiger partial charge in [0.15, 0.2) is 6.61 Å². The van der Waals surface area contributed by atoms with Crippen molar-refractivity contribution in [1.82, 2.24) is 9.55 Å². The molecule has 0 aromatic carbocycles. The molecule has 0 aliphatic heterocycles. The Morgan fingerprint density at radius 1 is 1.40 bits per heavy atom. The molecule has 0 bridgehead atoms. The van der Waals surface area contributed by atoms with Crippen LogP contribution < -0.4 is 0 Å². The number of esters is 1. The first-order chi connectivity index (χ1) is 11.9. The van der Waals surface area contributed by atoms with E-state index in [0.29, 0.717) is 17.2 Å². The molecular formula is C18H22N2O4S. The van der Waals surface area contributed by atoms with E-state index in [2.05, 4.69) is 9.55 Å². The average Bonchev–Trinajstić information content (AvgIpc) is 3.18. The van der Waals surface area contributed by atoms with E-state index in [-0.39, 0.29) is 18.4 Å². The second kappa shape index (κ2) is 8.73. The van der Waals surface area contributed by atoms with E-state index in [1.165, 1.54) is 17.4 Å². The minimum Gasteiger partial charge on any atom is -0.454 e. The number of Topliss-reactive ketones (excluding diaryl/α,β-unsaturated/α-hetero) is 1. The largest absolute Gasteiger partial charge is 0.454 e. The molecule has 7 heteroatoms. The van der Waals surface area contributed by atoms with Crippen molar-refractivity contribution >= 4 is 29.2 Å². The molecule has 0 saturated carbocycles. The van der Waals surface area contributed by atoms with Gasteiger partial charge < -0.3 is 14.0 Å². The molecule has 2 rings (SSSR count). The molecule has 0 amide bonds. The fraction of sp³-hybridized carbons (Fsp3) is 0.389. The topological polar surface area (TPSA) is 70.4 Å². The minimum absolute atomic E-state index is 0.121. The summed E-state index contributed by atoms with van der Waals surface area (Å²) in [6.07, 6.45) is 4.49. The number of methoxy groups -OCH3 is 1. The standard InChI is InChI=1S/C18H22N2O4S/c1-12-9-15(14(3)20(12)13(2)10-23-4)16(21)11-24-18(22)6-5-17-19-7-8-25-17/h5-9,13H,10-11H2,1-4H3. The Morgan fingerprint density at radius 2 is 2.16 bits per heavy atom. The Labute approximate surface area is 151 Å².